The minimum atomic E-state index is -0.152. The molecule has 0 atom stereocenters. The van der Waals surface area contributed by atoms with E-state index in [0.29, 0.717) is 0 Å². The molecule has 0 saturated carbocycles. The van der Waals surface area contributed by atoms with Gasteiger partial charge in [0, 0.05) is 32.1 Å². The molecule has 0 saturated heterocycles. The Morgan fingerprint density at radius 3 is 1.82 bits per heavy atom. The fourth-order valence-electron chi connectivity index (χ4n) is 8.14. The quantitative estimate of drug-likeness (QED) is 0.113. The third-order valence-corrected chi connectivity index (χ3v) is 12.9. The first-order chi connectivity index (χ1) is 29.7. The van der Waals surface area contributed by atoms with E-state index in [1.807, 2.05) is 49.5 Å². The molecule has 0 radical (unpaired) electrons. The fraction of sp³-hybridized carbons (Fsp3) is 0.300. The number of hydrogen-bond acceptors (Lipinski definition) is 2. The zero-order valence-electron chi connectivity index (χ0n) is 40.8. The van der Waals surface area contributed by atoms with Crippen molar-refractivity contribution in [2.45, 2.75) is 122 Å². The third kappa shape index (κ3) is 11.3. The Balaban J connectivity index is 0.000000446. The molecule has 1 aromatic heterocycles. The average molecular weight is 842 g/mol. The van der Waals surface area contributed by atoms with Crippen LogP contribution < -0.4 is 4.90 Å². The molecule has 1 nitrogen and oxygen atoms in total. The van der Waals surface area contributed by atoms with Gasteiger partial charge in [-0.3, -0.25) is 0 Å². The van der Waals surface area contributed by atoms with E-state index in [-0.39, 0.29) is 5.41 Å². The molecule has 4 aromatic carbocycles. The molecule has 0 unspecified atom stereocenters. The van der Waals surface area contributed by atoms with Crippen LogP contribution in [0.25, 0.3) is 35.1 Å². The summed E-state index contributed by atoms with van der Waals surface area (Å²) < 4.78 is 0. The predicted molar refractivity (Wildman–Crippen MR) is 284 cm³/mol. The molecule has 0 aliphatic heterocycles. The van der Waals surface area contributed by atoms with Gasteiger partial charge in [0.05, 0.1) is 5.70 Å². The third-order valence-electron chi connectivity index (χ3n) is 11.7. The summed E-state index contributed by atoms with van der Waals surface area (Å²) in [4.78, 5) is 5.27. The first-order valence-electron chi connectivity index (χ1n) is 22.5. The Kier molecular flexibility index (Phi) is 19.5. The van der Waals surface area contributed by atoms with Gasteiger partial charge in [-0.1, -0.05) is 177 Å². The summed E-state index contributed by atoms with van der Waals surface area (Å²) in [6.45, 7) is 46.0. The molecule has 0 amide bonds. The first-order valence-corrected chi connectivity index (χ1v) is 23.4. The molecule has 0 fully saturated rings. The van der Waals surface area contributed by atoms with Crippen LogP contribution in [0.15, 0.2) is 129 Å². The van der Waals surface area contributed by atoms with E-state index in [4.69, 9.17) is 0 Å². The molecule has 62 heavy (non-hydrogen) atoms. The van der Waals surface area contributed by atoms with Crippen LogP contribution in [0.4, 0.5) is 11.4 Å². The molecule has 0 N–H and O–H groups in total. The van der Waals surface area contributed by atoms with Crippen molar-refractivity contribution in [3.05, 3.63) is 200 Å². The Labute approximate surface area is 382 Å². The smallest absolute Gasteiger partial charge is 0.0508 e. The van der Waals surface area contributed by atoms with Crippen LogP contribution in [0.2, 0.25) is 0 Å². The largest absolute Gasteiger partial charge is 0.310 e. The van der Waals surface area contributed by atoms with Gasteiger partial charge in [-0.15, -0.1) is 11.3 Å². The Morgan fingerprint density at radius 2 is 1.32 bits per heavy atom. The molecule has 1 heterocycles. The van der Waals surface area contributed by atoms with Gasteiger partial charge in [-0.25, -0.2) is 0 Å². The lowest BCUT2D eigenvalue weighted by Gasteiger charge is -2.31. The van der Waals surface area contributed by atoms with Gasteiger partial charge in [-0.2, -0.15) is 0 Å². The molecule has 6 rings (SSSR count). The van der Waals surface area contributed by atoms with Crippen LogP contribution in [-0.4, -0.2) is 0 Å². The predicted octanol–water partition coefficient (Wildman–Crippen LogP) is 18.8. The van der Waals surface area contributed by atoms with Crippen LogP contribution in [0.5, 0.6) is 0 Å². The number of anilines is 2. The van der Waals surface area contributed by atoms with Crippen LogP contribution in [0.1, 0.15) is 139 Å². The molecule has 5 aromatic rings. The highest BCUT2D eigenvalue weighted by molar-refractivity contribution is 7.12. The summed E-state index contributed by atoms with van der Waals surface area (Å²) in [5.41, 5.74) is 21.6. The second-order valence-corrected chi connectivity index (χ2v) is 17.5. The fourth-order valence-corrected chi connectivity index (χ4v) is 9.25. The second kappa shape index (κ2) is 23.7. The van der Waals surface area contributed by atoms with Crippen molar-refractivity contribution < 1.29 is 0 Å². The molecular weight excluding hydrogens is 767 g/mol. The molecule has 2 heteroatoms. The zero-order chi connectivity index (χ0) is 46.3. The highest BCUT2D eigenvalue weighted by Crippen LogP contribution is 2.53. The molecule has 1 aliphatic rings. The minimum absolute atomic E-state index is 0.152. The van der Waals surface area contributed by atoms with Gasteiger partial charge in [0.1, 0.15) is 0 Å². The highest BCUT2D eigenvalue weighted by atomic mass is 32.1. The van der Waals surface area contributed by atoms with Gasteiger partial charge >= 0.3 is 0 Å². The number of fused-ring (bicyclic) bond motifs is 3. The van der Waals surface area contributed by atoms with Gasteiger partial charge < -0.3 is 4.90 Å². The van der Waals surface area contributed by atoms with Crippen molar-refractivity contribution in [2.24, 2.45) is 0 Å². The molecule has 326 valence electrons. The summed E-state index contributed by atoms with van der Waals surface area (Å²) >= 11 is 1.93. The van der Waals surface area contributed by atoms with Crippen LogP contribution >= 0.6 is 11.3 Å². The van der Waals surface area contributed by atoms with Crippen LogP contribution in [0, 0.1) is 41.5 Å². The van der Waals surface area contributed by atoms with Crippen molar-refractivity contribution in [1.82, 2.24) is 0 Å². The Hall–Kier alpha value is -5.44. The minimum Gasteiger partial charge on any atom is -0.310 e. The number of thiophene rings is 1. The van der Waals surface area contributed by atoms with E-state index in [2.05, 4.69) is 199 Å². The van der Waals surface area contributed by atoms with E-state index in [1.54, 1.807) is 6.08 Å². The maximum Gasteiger partial charge on any atom is 0.0508 e. The Morgan fingerprint density at radius 1 is 0.694 bits per heavy atom. The van der Waals surface area contributed by atoms with Crippen LogP contribution in [-0.2, 0) is 11.8 Å². The number of nitrogens with zero attached hydrogens (tertiary/aromatic N) is 1. The van der Waals surface area contributed by atoms with Gasteiger partial charge in [0.15, 0.2) is 0 Å². The average Bonchev–Trinajstić information content (AvgIpc) is 3.71. The second-order valence-electron chi connectivity index (χ2n) is 16.2. The molecule has 0 bridgehead atoms. The number of rotatable bonds is 12. The number of hydrogen-bond donors (Lipinski definition) is 0. The molecular formula is C60H75NS. The van der Waals surface area contributed by atoms with Crippen molar-refractivity contribution in [1.29, 1.82) is 0 Å². The van der Waals surface area contributed by atoms with E-state index in [9.17, 15) is 0 Å². The van der Waals surface area contributed by atoms with Gasteiger partial charge in [0.2, 0.25) is 0 Å². The molecule has 1 aliphatic carbocycles. The van der Waals surface area contributed by atoms with Crippen molar-refractivity contribution >= 4 is 46.6 Å². The topological polar surface area (TPSA) is 3.24 Å². The maximum absolute atomic E-state index is 4.22. The van der Waals surface area contributed by atoms with Gasteiger partial charge in [0.25, 0.3) is 0 Å². The highest BCUT2D eigenvalue weighted by Gasteiger charge is 2.38. The number of benzene rings is 4. The molecule has 0 spiro atoms. The van der Waals surface area contributed by atoms with Crippen molar-refractivity contribution in [2.75, 3.05) is 4.90 Å². The monoisotopic (exact) mass is 842 g/mol. The normalized spacial score (nSPS) is 12.4. The lowest BCUT2D eigenvalue weighted by atomic mass is 9.80. The van der Waals surface area contributed by atoms with E-state index in [1.165, 1.54) is 105 Å². The van der Waals surface area contributed by atoms with Crippen LogP contribution in [0.3, 0.4) is 0 Å². The Bertz CT molecular complexity index is 2440. The first kappa shape index (κ1) is 50.9. The summed E-state index contributed by atoms with van der Waals surface area (Å²) in [6, 6.07) is 24.9. The van der Waals surface area contributed by atoms with E-state index < -0.39 is 0 Å². The van der Waals surface area contributed by atoms with Crippen molar-refractivity contribution in [3.8, 4) is 11.1 Å². The summed E-state index contributed by atoms with van der Waals surface area (Å²) in [5.74, 6) is 0. The SMILES string of the molecule is C=C/C=C(\C=C)CC.C=Cc1c(C)cc2c(c1C=C)-c1ccc(N(/C(=C/C)c3c(CC)sc(C)c3/C=C\CC)c3ccc(C)cc3)cc1C2(C)C.CC.Cc1ccc(C)c(C)c1. The number of aryl methyl sites for hydroxylation is 7. The summed E-state index contributed by atoms with van der Waals surface area (Å²) in [5, 5.41) is 0. The lowest BCUT2D eigenvalue weighted by molar-refractivity contribution is 0.659. The zero-order valence-corrected chi connectivity index (χ0v) is 41.6. The maximum atomic E-state index is 4.22. The van der Waals surface area contributed by atoms with Gasteiger partial charge in [-0.05, 0) is 153 Å². The van der Waals surface area contributed by atoms with Crippen molar-refractivity contribution in [3.63, 3.8) is 0 Å². The summed E-state index contributed by atoms with van der Waals surface area (Å²) in [6.07, 6.45) is 19.5. The lowest BCUT2D eigenvalue weighted by Crippen LogP contribution is -2.19. The van der Waals surface area contributed by atoms with E-state index in [0.717, 1.165) is 19.3 Å². The standard InChI is InChI=1S/C41H45NS.C9H12.C8H12.C2H6/c1-11-16-17-33-28(8)43-38(15-5)40(33)37(14-4)42(29-20-18-26(6)19-21-29)30-22-23-34-35(25-30)41(9,10)36-24-27(7)31(12-2)32(13-3)39(34)36;1-7-4-5-8(2)9(3)6-7;1-4-7-8(5-2)6-3;1-2/h12-14,16-25H,2-3,11,15H2,1,4-10H3;4-6H,1-3H3;4-5,7H,1-2,6H2,3H3;1-2H3/b17-16-,37-14+;;8-7+;. The number of allylic oxidation sites excluding steroid dienone is 6. The summed E-state index contributed by atoms with van der Waals surface area (Å²) in [7, 11) is 0. The van der Waals surface area contributed by atoms with E-state index >= 15 is 0 Å².